The molecule has 5 heteroatoms. The lowest BCUT2D eigenvalue weighted by molar-refractivity contribution is 0.159. The lowest BCUT2D eigenvalue weighted by atomic mass is 10.1. The smallest absolute Gasteiger partial charge is 0.125 e. The molecule has 34 heavy (non-hydrogen) atoms. The van der Waals surface area contributed by atoms with Crippen LogP contribution in [0.25, 0.3) is 0 Å². The number of ether oxygens (including phenoxy) is 3. The number of methoxy groups -OCH3 is 2. The van der Waals surface area contributed by atoms with Crippen LogP contribution in [0.3, 0.4) is 0 Å². The van der Waals surface area contributed by atoms with Gasteiger partial charge in [0.05, 0.1) is 14.2 Å². The predicted octanol–water partition coefficient (Wildman–Crippen LogP) is 5.65. The quantitative estimate of drug-likeness (QED) is 0.412. The van der Waals surface area contributed by atoms with Gasteiger partial charge in [0, 0.05) is 50.9 Å². The number of aryl methyl sites for hydroxylation is 2. The van der Waals surface area contributed by atoms with Crippen LogP contribution in [-0.2, 0) is 0 Å². The van der Waals surface area contributed by atoms with Crippen molar-refractivity contribution in [2.45, 2.75) is 26.4 Å². The van der Waals surface area contributed by atoms with E-state index in [0.29, 0.717) is 0 Å². The second-order valence-corrected chi connectivity index (χ2v) is 8.94. The Kier molecular flexibility index (Phi) is 7.96. The molecule has 1 aliphatic rings. The molecule has 0 amide bonds. The lowest BCUT2D eigenvalue weighted by Crippen LogP contribution is -2.47. The standard InChI is InChI=1S/C29H36N2O3/c1-22-8-11-25(20-23(22)2)31-18-16-30(17-19-31)15-14-29(24-9-12-26(32-3)13-10-24)34-28-7-5-6-27(21-28)33-4/h5-13,20-21,29H,14-19H2,1-4H3. The van der Waals surface area contributed by atoms with Crippen LogP contribution in [0.15, 0.2) is 66.7 Å². The summed E-state index contributed by atoms with van der Waals surface area (Å²) in [6.07, 6.45) is 0.864. The second kappa shape index (κ2) is 11.3. The zero-order valence-corrected chi connectivity index (χ0v) is 20.8. The highest BCUT2D eigenvalue weighted by molar-refractivity contribution is 5.51. The maximum Gasteiger partial charge on any atom is 0.125 e. The van der Waals surface area contributed by atoms with E-state index in [1.807, 2.05) is 36.4 Å². The highest BCUT2D eigenvalue weighted by Crippen LogP contribution is 2.29. The predicted molar refractivity (Wildman–Crippen MR) is 139 cm³/mol. The third kappa shape index (κ3) is 6.03. The summed E-state index contributed by atoms with van der Waals surface area (Å²) in [7, 11) is 3.37. The summed E-state index contributed by atoms with van der Waals surface area (Å²) in [4.78, 5) is 5.04. The maximum atomic E-state index is 6.46. The van der Waals surface area contributed by atoms with Crippen molar-refractivity contribution in [2.24, 2.45) is 0 Å². The molecule has 1 saturated heterocycles. The van der Waals surface area contributed by atoms with Gasteiger partial charge in [0.2, 0.25) is 0 Å². The molecule has 0 aromatic heterocycles. The summed E-state index contributed by atoms with van der Waals surface area (Å²) in [5, 5.41) is 0. The van der Waals surface area contributed by atoms with Crippen LogP contribution in [0.1, 0.15) is 29.2 Å². The van der Waals surface area contributed by atoms with Gasteiger partial charge in [0.15, 0.2) is 0 Å². The van der Waals surface area contributed by atoms with Gasteiger partial charge in [-0.1, -0.05) is 24.3 Å². The van der Waals surface area contributed by atoms with Crippen LogP contribution < -0.4 is 19.1 Å². The molecule has 1 heterocycles. The highest BCUT2D eigenvalue weighted by atomic mass is 16.5. The van der Waals surface area contributed by atoms with E-state index in [1.54, 1.807) is 14.2 Å². The molecule has 1 atom stereocenters. The summed E-state index contributed by atoms with van der Waals surface area (Å²) in [6, 6.07) is 22.8. The molecule has 0 saturated carbocycles. The fourth-order valence-corrected chi connectivity index (χ4v) is 4.40. The molecule has 0 radical (unpaired) electrons. The number of benzene rings is 3. The third-order valence-corrected chi connectivity index (χ3v) is 6.74. The normalized spacial score (nSPS) is 15.1. The first-order chi connectivity index (χ1) is 16.6. The van der Waals surface area contributed by atoms with Crippen LogP contribution in [-0.4, -0.2) is 51.8 Å². The van der Waals surface area contributed by atoms with Crippen molar-refractivity contribution in [3.8, 4) is 17.2 Å². The fraction of sp³-hybridized carbons (Fsp3) is 0.379. The first kappa shape index (κ1) is 24.0. The van der Waals surface area contributed by atoms with E-state index < -0.39 is 0 Å². The van der Waals surface area contributed by atoms with Crippen LogP contribution >= 0.6 is 0 Å². The Morgan fingerprint density at radius 2 is 1.44 bits per heavy atom. The monoisotopic (exact) mass is 460 g/mol. The van der Waals surface area contributed by atoms with Gasteiger partial charge in [0.25, 0.3) is 0 Å². The van der Waals surface area contributed by atoms with E-state index in [0.717, 1.165) is 62.0 Å². The average Bonchev–Trinajstić information content (AvgIpc) is 2.88. The third-order valence-electron chi connectivity index (χ3n) is 6.74. The van der Waals surface area contributed by atoms with E-state index in [1.165, 1.54) is 16.8 Å². The highest BCUT2D eigenvalue weighted by Gasteiger charge is 2.21. The van der Waals surface area contributed by atoms with E-state index in [2.05, 4.69) is 54.0 Å². The first-order valence-corrected chi connectivity index (χ1v) is 12.0. The summed E-state index contributed by atoms with van der Waals surface area (Å²) in [5.41, 5.74) is 5.19. The fourth-order valence-electron chi connectivity index (χ4n) is 4.40. The molecule has 0 aliphatic carbocycles. The van der Waals surface area contributed by atoms with E-state index in [9.17, 15) is 0 Å². The van der Waals surface area contributed by atoms with Gasteiger partial charge in [-0.15, -0.1) is 0 Å². The number of hydrogen-bond donors (Lipinski definition) is 0. The molecule has 0 bridgehead atoms. The minimum atomic E-state index is -0.0456. The SMILES string of the molecule is COc1ccc(C(CCN2CCN(c3ccc(C)c(C)c3)CC2)Oc2cccc(OC)c2)cc1. The van der Waals surface area contributed by atoms with Crippen molar-refractivity contribution in [1.82, 2.24) is 4.90 Å². The van der Waals surface area contributed by atoms with E-state index in [-0.39, 0.29) is 6.10 Å². The molecule has 5 nitrogen and oxygen atoms in total. The topological polar surface area (TPSA) is 34.2 Å². The van der Waals surface area contributed by atoms with Crippen LogP contribution in [0.5, 0.6) is 17.2 Å². The van der Waals surface area contributed by atoms with Crippen LogP contribution in [0, 0.1) is 13.8 Å². The molecule has 180 valence electrons. The summed E-state index contributed by atoms with van der Waals surface area (Å²) in [5.74, 6) is 2.47. The molecule has 4 rings (SSSR count). The van der Waals surface area contributed by atoms with Crippen molar-refractivity contribution < 1.29 is 14.2 Å². The Hall–Kier alpha value is -3.18. The molecule has 3 aromatic rings. The van der Waals surface area contributed by atoms with Crippen molar-refractivity contribution >= 4 is 5.69 Å². The zero-order valence-electron chi connectivity index (χ0n) is 20.8. The molecule has 0 spiro atoms. The van der Waals surface area contributed by atoms with Gasteiger partial charge < -0.3 is 19.1 Å². The number of piperazine rings is 1. The van der Waals surface area contributed by atoms with Gasteiger partial charge in [-0.25, -0.2) is 0 Å². The lowest BCUT2D eigenvalue weighted by Gasteiger charge is -2.37. The summed E-state index contributed by atoms with van der Waals surface area (Å²) >= 11 is 0. The first-order valence-electron chi connectivity index (χ1n) is 12.0. The maximum absolute atomic E-state index is 6.46. The summed E-state index contributed by atoms with van der Waals surface area (Å²) in [6.45, 7) is 9.56. The summed E-state index contributed by atoms with van der Waals surface area (Å²) < 4.78 is 17.2. The van der Waals surface area contributed by atoms with Crippen LogP contribution in [0.2, 0.25) is 0 Å². The van der Waals surface area contributed by atoms with Crippen molar-refractivity contribution in [2.75, 3.05) is 51.8 Å². The Balaban J connectivity index is 1.39. The Bertz CT molecular complexity index is 1060. The van der Waals surface area contributed by atoms with E-state index in [4.69, 9.17) is 14.2 Å². The van der Waals surface area contributed by atoms with Crippen LogP contribution in [0.4, 0.5) is 5.69 Å². The Labute approximate surface area is 203 Å². The van der Waals surface area contributed by atoms with Gasteiger partial charge in [0.1, 0.15) is 23.4 Å². The molecule has 1 aliphatic heterocycles. The van der Waals surface area contributed by atoms with Gasteiger partial charge in [-0.05, 0) is 66.9 Å². The molecular formula is C29H36N2O3. The van der Waals surface area contributed by atoms with E-state index >= 15 is 0 Å². The molecule has 3 aromatic carbocycles. The number of rotatable bonds is 9. The Morgan fingerprint density at radius 1 is 0.735 bits per heavy atom. The molecule has 0 N–H and O–H groups in total. The Morgan fingerprint density at radius 3 is 2.12 bits per heavy atom. The van der Waals surface area contributed by atoms with Gasteiger partial charge in [-0.2, -0.15) is 0 Å². The van der Waals surface area contributed by atoms with Crippen molar-refractivity contribution in [3.05, 3.63) is 83.4 Å². The minimum absolute atomic E-state index is 0.0456. The molecular weight excluding hydrogens is 424 g/mol. The largest absolute Gasteiger partial charge is 0.497 e. The number of hydrogen-bond acceptors (Lipinski definition) is 5. The second-order valence-electron chi connectivity index (χ2n) is 8.94. The van der Waals surface area contributed by atoms with Crippen molar-refractivity contribution in [1.29, 1.82) is 0 Å². The van der Waals surface area contributed by atoms with Gasteiger partial charge in [-0.3, -0.25) is 4.90 Å². The molecule has 1 unspecified atom stereocenters. The number of nitrogens with zero attached hydrogens (tertiary/aromatic N) is 2. The number of anilines is 1. The van der Waals surface area contributed by atoms with Crippen molar-refractivity contribution in [3.63, 3.8) is 0 Å². The average molecular weight is 461 g/mol. The van der Waals surface area contributed by atoms with Gasteiger partial charge >= 0.3 is 0 Å². The minimum Gasteiger partial charge on any atom is -0.497 e. The molecule has 1 fully saturated rings. The zero-order chi connectivity index (χ0) is 23.9.